The maximum atomic E-state index is 8.91. The van der Waals surface area contributed by atoms with Crippen molar-refractivity contribution >= 4 is 0 Å². The third-order valence-corrected chi connectivity index (χ3v) is 2.71. The number of benzene rings is 1. The molecule has 1 aromatic carbocycles. The van der Waals surface area contributed by atoms with Crippen LogP contribution >= 0.6 is 0 Å². The lowest BCUT2D eigenvalue weighted by Gasteiger charge is -2.10. The first-order valence-electron chi connectivity index (χ1n) is 4.87. The summed E-state index contributed by atoms with van der Waals surface area (Å²) in [6, 6.07) is 6.35. The highest BCUT2D eigenvalue weighted by Gasteiger charge is 2.23. The van der Waals surface area contributed by atoms with Crippen molar-refractivity contribution in [2.24, 2.45) is 0 Å². The van der Waals surface area contributed by atoms with E-state index in [1.54, 1.807) is 7.11 Å². The van der Waals surface area contributed by atoms with Crippen LogP contribution in [0, 0.1) is 0 Å². The van der Waals surface area contributed by atoms with E-state index in [2.05, 4.69) is 11.4 Å². The normalized spacial score (nSPS) is 19.4. The molecule has 2 rings (SSSR count). The molecule has 1 aliphatic heterocycles. The minimum Gasteiger partial charge on any atom is -0.496 e. The lowest BCUT2D eigenvalue weighted by atomic mass is 10.0. The number of methoxy groups -OCH3 is 1. The largest absolute Gasteiger partial charge is 0.496 e. The van der Waals surface area contributed by atoms with Crippen molar-refractivity contribution < 1.29 is 9.84 Å². The van der Waals surface area contributed by atoms with Gasteiger partial charge in [0.15, 0.2) is 0 Å². The summed E-state index contributed by atoms with van der Waals surface area (Å²) in [4.78, 5) is 0. The van der Waals surface area contributed by atoms with E-state index in [1.165, 1.54) is 11.1 Å². The standard InChI is InChI=1S/C11H15NO2/c1-14-11-4-2-3-8-9(11)7-12-10(8)5-6-13/h2-4,10,12-13H,5-7H2,1H3. The van der Waals surface area contributed by atoms with Gasteiger partial charge in [-0.15, -0.1) is 0 Å². The summed E-state index contributed by atoms with van der Waals surface area (Å²) in [5, 5.41) is 12.3. The summed E-state index contributed by atoms with van der Waals surface area (Å²) in [5.74, 6) is 0.940. The Bertz CT molecular complexity index is 325. The van der Waals surface area contributed by atoms with Crippen LogP contribution in [0.3, 0.4) is 0 Å². The number of hydrogen-bond acceptors (Lipinski definition) is 3. The van der Waals surface area contributed by atoms with Gasteiger partial charge < -0.3 is 15.2 Å². The lowest BCUT2D eigenvalue weighted by molar-refractivity contribution is 0.269. The molecular formula is C11H15NO2. The molecule has 0 saturated heterocycles. The molecule has 3 nitrogen and oxygen atoms in total. The van der Waals surface area contributed by atoms with E-state index in [1.807, 2.05) is 12.1 Å². The van der Waals surface area contributed by atoms with Crippen LogP contribution < -0.4 is 10.1 Å². The number of ether oxygens (including phenoxy) is 1. The lowest BCUT2D eigenvalue weighted by Crippen LogP contribution is -2.13. The number of hydrogen-bond donors (Lipinski definition) is 2. The molecule has 14 heavy (non-hydrogen) atoms. The molecule has 3 heteroatoms. The van der Waals surface area contributed by atoms with Crippen molar-refractivity contribution in [3.63, 3.8) is 0 Å². The minimum absolute atomic E-state index is 0.217. The van der Waals surface area contributed by atoms with Gasteiger partial charge in [0.05, 0.1) is 7.11 Å². The van der Waals surface area contributed by atoms with Crippen molar-refractivity contribution in [2.45, 2.75) is 19.0 Å². The zero-order chi connectivity index (χ0) is 9.97. The molecular weight excluding hydrogens is 178 g/mol. The Balaban J connectivity index is 2.31. The van der Waals surface area contributed by atoms with E-state index in [-0.39, 0.29) is 12.6 Å². The summed E-state index contributed by atoms with van der Waals surface area (Å²) < 4.78 is 5.28. The van der Waals surface area contributed by atoms with Gasteiger partial charge in [-0.3, -0.25) is 0 Å². The highest BCUT2D eigenvalue weighted by Crippen LogP contribution is 2.33. The highest BCUT2D eigenvalue weighted by molar-refractivity contribution is 5.44. The average molecular weight is 193 g/mol. The summed E-state index contributed by atoms with van der Waals surface area (Å²) in [5.41, 5.74) is 2.49. The number of rotatable bonds is 3. The first-order chi connectivity index (χ1) is 6.86. The predicted octanol–water partition coefficient (Wildman–Crippen LogP) is 1.22. The molecule has 2 N–H and O–H groups in total. The van der Waals surface area contributed by atoms with Gasteiger partial charge in [-0.05, 0) is 18.1 Å². The van der Waals surface area contributed by atoms with E-state index < -0.39 is 0 Å². The quantitative estimate of drug-likeness (QED) is 0.758. The van der Waals surface area contributed by atoms with Crippen molar-refractivity contribution in [1.29, 1.82) is 0 Å². The second kappa shape index (κ2) is 3.98. The fraction of sp³-hybridized carbons (Fsp3) is 0.455. The van der Waals surface area contributed by atoms with Crippen molar-refractivity contribution in [1.82, 2.24) is 5.32 Å². The SMILES string of the molecule is COc1cccc2c1CNC2CCO. The van der Waals surface area contributed by atoms with Crippen LogP contribution in [0.2, 0.25) is 0 Å². The fourth-order valence-electron chi connectivity index (χ4n) is 2.01. The number of nitrogens with one attached hydrogen (secondary N) is 1. The van der Waals surface area contributed by atoms with Gasteiger partial charge in [0.2, 0.25) is 0 Å². The van der Waals surface area contributed by atoms with Gasteiger partial charge >= 0.3 is 0 Å². The van der Waals surface area contributed by atoms with Crippen molar-refractivity contribution in [3.05, 3.63) is 29.3 Å². The molecule has 76 valence electrons. The second-order valence-electron chi connectivity index (χ2n) is 3.47. The van der Waals surface area contributed by atoms with Crippen molar-refractivity contribution in [3.8, 4) is 5.75 Å². The highest BCUT2D eigenvalue weighted by atomic mass is 16.5. The number of fused-ring (bicyclic) bond motifs is 1. The molecule has 1 atom stereocenters. The second-order valence-corrected chi connectivity index (χ2v) is 3.47. The van der Waals surface area contributed by atoms with Crippen LogP contribution in [0.4, 0.5) is 0 Å². The van der Waals surface area contributed by atoms with Gasteiger partial charge in [0.1, 0.15) is 5.75 Å². The fourth-order valence-corrected chi connectivity index (χ4v) is 2.01. The first kappa shape index (κ1) is 9.49. The van der Waals surface area contributed by atoms with Crippen LogP contribution in [0.25, 0.3) is 0 Å². The smallest absolute Gasteiger partial charge is 0.123 e. The van der Waals surface area contributed by atoms with E-state index >= 15 is 0 Å². The Morgan fingerprint density at radius 2 is 2.43 bits per heavy atom. The molecule has 0 amide bonds. The van der Waals surface area contributed by atoms with Gasteiger partial charge in [0, 0.05) is 24.8 Å². The van der Waals surface area contributed by atoms with Crippen LogP contribution in [0.15, 0.2) is 18.2 Å². The third kappa shape index (κ3) is 1.49. The Morgan fingerprint density at radius 3 is 3.14 bits per heavy atom. The van der Waals surface area contributed by atoms with E-state index in [4.69, 9.17) is 9.84 Å². The van der Waals surface area contributed by atoms with E-state index in [0.29, 0.717) is 0 Å². The first-order valence-corrected chi connectivity index (χ1v) is 4.87. The molecule has 0 fully saturated rings. The Labute approximate surface area is 83.7 Å². The van der Waals surface area contributed by atoms with Gasteiger partial charge in [0.25, 0.3) is 0 Å². The zero-order valence-corrected chi connectivity index (χ0v) is 8.29. The summed E-state index contributed by atoms with van der Waals surface area (Å²) >= 11 is 0. The number of aliphatic hydroxyl groups excluding tert-OH is 1. The van der Waals surface area contributed by atoms with Gasteiger partial charge in [-0.2, -0.15) is 0 Å². The third-order valence-electron chi connectivity index (χ3n) is 2.71. The monoisotopic (exact) mass is 193 g/mol. The maximum Gasteiger partial charge on any atom is 0.123 e. The Kier molecular flexibility index (Phi) is 2.70. The Morgan fingerprint density at radius 1 is 1.57 bits per heavy atom. The van der Waals surface area contributed by atoms with Gasteiger partial charge in [-0.25, -0.2) is 0 Å². The van der Waals surface area contributed by atoms with Crippen LogP contribution in [-0.2, 0) is 6.54 Å². The molecule has 1 unspecified atom stereocenters. The van der Waals surface area contributed by atoms with E-state index in [0.717, 1.165) is 18.7 Å². The summed E-state index contributed by atoms with van der Waals surface area (Å²) in [6.45, 7) is 1.05. The van der Waals surface area contributed by atoms with Crippen molar-refractivity contribution in [2.75, 3.05) is 13.7 Å². The molecule has 1 aromatic rings. The molecule has 0 bridgehead atoms. The zero-order valence-electron chi connectivity index (χ0n) is 8.29. The summed E-state index contributed by atoms with van der Waals surface area (Å²) in [7, 11) is 1.69. The molecule has 1 aliphatic rings. The average Bonchev–Trinajstić information content (AvgIpc) is 2.62. The molecule has 1 heterocycles. The number of aliphatic hydroxyl groups is 1. The summed E-state index contributed by atoms with van der Waals surface area (Å²) in [6.07, 6.45) is 0.764. The van der Waals surface area contributed by atoms with Crippen LogP contribution in [-0.4, -0.2) is 18.8 Å². The van der Waals surface area contributed by atoms with Crippen LogP contribution in [0.1, 0.15) is 23.6 Å². The molecule has 0 aliphatic carbocycles. The molecule has 0 aromatic heterocycles. The van der Waals surface area contributed by atoms with Gasteiger partial charge in [-0.1, -0.05) is 12.1 Å². The minimum atomic E-state index is 0.217. The Hall–Kier alpha value is -1.06. The predicted molar refractivity (Wildman–Crippen MR) is 54.3 cm³/mol. The molecule has 0 saturated carbocycles. The van der Waals surface area contributed by atoms with E-state index in [9.17, 15) is 0 Å². The molecule has 0 spiro atoms. The maximum absolute atomic E-state index is 8.91. The topological polar surface area (TPSA) is 41.5 Å². The molecule has 0 radical (unpaired) electrons. The van der Waals surface area contributed by atoms with Crippen LogP contribution in [0.5, 0.6) is 5.75 Å².